The van der Waals surface area contributed by atoms with E-state index in [0.717, 1.165) is 0 Å². The second-order valence-corrected chi connectivity index (χ2v) is 3.77. The minimum Gasteiger partial charge on any atom is -0.180 e. The van der Waals surface area contributed by atoms with Crippen LogP contribution in [0, 0.1) is 5.95 Å². The molecule has 25 heavy (non-hydrogen) atoms. The Balaban J connectivity index is 3.50. The smallest absolute Gasteiger partial charge is 0.180 e. The monoisotopic (exact) mass is 401 g/mol. The second kappa shape index (κ2) is 5.90. The van der Waals surface area contributed by atoms with Crippen LogP contribution in [0.4, 0.5) is 68.8 Å². The zero-order valence-electron chi connectivity index (χ0n) is 10.6. The summed E-state index contributed by atoms with van der Waals surface area (Å²) >= 11 is 0. The fourth-order valence-electron chi connectivity index (χ4n) is 1.28. The Morgan fingerprint density at radius 3 is 1.20 bits per heavy atom. The minimum atomic E-state index is -6.38. The van der Waals surface area contributed by atoms with Crippen molar-refractivity contribution < 1.29 is 57.1 Å². The van der Waals surface area contributed by atoms with E-state index < -0.39 is 52.7 Å². The second-order valence-electron chi connectivity index (χ2n) is 3.77. The van der Waals surface area contributed by atoms with Crippen LogP contribution in [-0.4, -0.2) is 40.4 Å². The summed E-state index contributed by atoms with van der Waals surface area (Å²) < 4.78 is 161. The summed E-state index contributed by atoms with van der Waals surface area (Å²) in [6, 6.07) is 0. The molecule has 1 aromatic rings. The van der Waals surface area contributed by atoms with Gasteiger partial charge < -0.3 is 0 Å². The average molecular weight is 401 g/mol. The number of aromatic nitrogens is 3. The average Bonchev–Trinajstić information content (AvgIpc) is 2.24. The van der Waals surface area contributed by atoms with Crippen molar-refractivity contribution in [3.05, 3.63) is 5.95 Å². The molecular formula is C7F13N5. The molecule has 0 amide bonds. The normalized spacial score (nSPS) is 13.8. The lowest BCUT2D eigenvalue weighted by molar-refractivity contribution is -0.231. The molecule has 1 heterocycles. The van der Waals surface area contributed by atoms with E-state index >= 15 is 0 Å². The van der Waals surface area contributed by atoms with E-state index in [1.54, 1.807) is 4.98 Å². The molecule has 0 aliphatic carbocycles. The molecule has 0 saturated carbocycles. The van der Waals surface area contributed by atoms with E-state index in [-0.39, 0.29) is 0 Å². The first kappa shape index (κ1) is 20.7. The van der Waals surface area contributed by atoms with Crippen molar-refractivity contribution in [2.24, 2.45) is 0 Å². The van der Waals surface area contributed by atoms with Crippen molar-refractivity contribution in [2.45, 2.75) is 25.2 Å². The van der Waals surface area contributed by atoms with Gasteiger partial charge in [-0.3, -0.25) is 0 Å². The molecule has 144 valence electrons. The van der Waals surface area contributed by atoms with E-state index in [0.29, 0.717) is 0 Å². The highest BCUT2D eigenvalue weighted by Gasteiger charge is 2.58. The predicted octanol–water partition coefficient (Wildman–Crippen LogP) is 3.70. The van der Waals surface area contributed by atoms with Crippen LogP contribution in [0.2, 0.25) is 0 Å². The highest BCUT2D eigenvalue weighted by atomic mass is 19.4. The lowest BCUT2D eigenvalue weighted by atomic mass is 10.5. The van der Waals surface area contributed by atoms with Crippen molar-refractivity contribution >= 4 is 11.8 Å². The molecule has 5 nitrogen and oxygen atoms in total. The Labute approximate surface area is 126 Å². The third-order valence-corrected chi connectivity index (χ3v) is 2.04. The van der Waals surface area contributed by atoms with Gasteiger partial charge in [0.25, 0.3) is 11.9 Å². The van der Waals surface area contributed by atoms with Gasteiger partial charge in [0.05, 0.1) is 0 Å². The number of nitrogens with zero attached hydrogens (tertiary/aromatic N) is 5. The number of rotatable bonds is 2. The molecular weight excluding hydrogens is 401 g/mol. The largest absolute Gasteiger partial charge is 0.494 e. The first-order valence-corrected chi connectivity index (χ1v) is 5.14. The van der Waals surface area contributed by atoms with E-state index in [9.17, 15) is 57.1 Å². The molecule has 0 aliphatic heterocycles. The molecule has 0 spiro atoms. The Morgan fingerprint density at radius 2 is 0.920 bits per heavy atom. The number of halogens is 13. The summed E-state index contributed by atoms with van der Waals surface area (Å²) in [5, 5.41) is 3.68. The van der Waals surface area contributed by atoms with Gasteiger partial charge in [-0.1, -0.05) is 0 Å². The Bertz CT molecular complexity index is 585. The first-order valence-electron chi connectivity index (χ1n) is 5.14. The zero-order valence-corrected chi connectivity index (χ0v) is 10.6. The lowest BCUT2D eigenvalue weighted by Gasteiger charge is -2.28. The van der Waals surface area contributed by atoms with Crippen molar-refractivity contribution in [2.75, 3.05) is 9.80 Å². The zero-order chi connectivity index (χ0) is 20.0. The maximum atomic E-state index is 13.3. The third kappa shape index (κ3) is 4.62. The van der Waals surface area contributed by atoms with Gasteiger partial charge in [0.2, 0.25) is 5.82 Å². The van der Waals surface area contributed by atoms with Crippen molar-refractivity contribution in [3.8, 4) is 0 Å². The fraction of sp³-hybridized carbons (Fsp3) is 0.571. The standard InChI is InChI=1S/C7F13N5/c8-1-2(24(4(9,10)11)5(12,13)14)22-23-3(21-1)25(6(15,16)17)7(18,19)20. The molecule has 0 aromatic carbocycles. The first-order chi connectivity index (χ1) is 10.9. The number of hydrogen-bond donors (Lipinski definition) is 0. The summed E-state index contributed by atoms with van der Waals surface area (Å²) in [6.07, 6.45) is -25.4. The molecule has 0 fully saturated rings. The molecule has 1 aromatic heterocycles. The predicted molar refractivity (Wildman–Crippen MR) is 49.0 cm³/mol. The van der Waals surface area contributed by atoms with Crippen molar-refractivity contribution in [3.63, 3.8) is 0 Å². The van der Waals surface area contributed by atoms with E-state index in [4.69, 9.17) is 0 Å². The van der Waals surface area contributed by atoms with E-state index in [1.807, 2.05) is 10.2 Å². The summed E-state index contributed by atoms with van der Waals surface area (Å²) in [7, 11) is 0. The highest BCUT2D eigenvalue weighted by Crippen LogP contribution is 2.40. The molecule has 0 radical (unpaired) electrons. The topological polar surface area (TPSA) is 45.2 Å². The van der Waals surface area contributed by atoms with Crippen molar-refractivity contribution in [1.82, 2.24) is 15.2 Å². The van der Waals surface area contributed by atoms with Gasteiger partial charge in [0.15, 0.2) is 0 Å². The maximum absolute atomic E-state index is 13.3. The van der Waals surface area contributed by atoms with Crippen LogP contribution >= 0.6 is 0 Å². The quantitative estimate of drug-likeness (QED) is 0.559. The SMILES string of the molecule is Fc1nc(N(C(F)(F)F)C(F)(F)F)nnc1N(C(F)(F)F)C(F)(F)F. The Kier molecular flexibility index (Phi) is 4.90. The molecule has 1 rings (SSSR count). The highest BCUT2D eigenvalue weighted by molar-refractivity contribution is 5.42. The molecule has 0 atom stereocenters. The van der Waals surface area contributed by atoms with Crippen molar-refractivity contribution in [1.29, 1.82) is 0 Å². The molecule has 0 bridgehead atoms. The number of anilines is 2. The summed E-state index contributed by atoms with van der Waals surface area (Å²) in [5.41, 5.74) is 0. The van der Waals surface area contributed by atoms with Crippen LogP contribution in [0.1, 0.15) is 0 Å². The van der Waals surface area contributed by atoms with Crippen LogP contribution in [0.15, 0.2) is 0 Å². The lowest BCUT2D eigenvalue weighted by Crippen LogP contribution is -2.51. The summed E-state index contributed by atoms with van der Waals surface area (Å²) in [4.78, 5) is -3.44. The Hall–Kier alpha value is -2.30. The third-order valence-electron chi connectivity index (χ3n) is 2.04. The van der Waals surface area contributed by atoms with Crippen LogP contribution in [0.3, 0.4) is 0 Å². The van der Waals surface area contributed by atoms with Gasteiger partial charge >= 0.3 is 25.2 Å². The molecule has 0 saturated heterocycles. The minimum absolute atomic E-state index is 1.76. The fourth-order valence-corrected chi connectivity index (χ4v) is 1.28. The molecule has 0 N–H and O–H groups in total. The maximum Gasteiger partial charge on any atom is 0.494 e. The molecule has 18 heteroatoms. The van der Waals surface area contributed by atoms with Crippen LogP contribution < -0.4 is 9.80 Å². The molecule has 0 aliphatic rings. The number of alkyl halides is 12. The van der Waals surface area contributed by atoms with E-state index in [1.165, 1.54) is 0 Å². The van der Waals surface area contributed by atoms with Crippen LogP contribution in [-0.2, 0) is 0 Å². The van der Waals surface area contributed by atoms with Crippen LogP contribution in [0.5, 0.6) is 0 Å². The summed E-state index contributed by atoms with van der Waals surface area (Å²) in [6.45, 7) is 0. The van der Waals surface area contributed by atoms with E-state index in [2.05, 4.69) is 0 Å². The number of hydrogen-bond acceptors (Lipinski definition) is 5. The summed E-state index contributed by atoms with van der Waals surface area (Å²) in [5.74, 6) is -8.50. The van der Waals surface area contributed by atoms with Gasteiger partial charge in [-0.05, 0) is 0 Å². The Morgan fingerprint density at radius 1 is 0.560 bits per heavy atom. The van der Waals surface area contributed by atoms with Gasteiger partial charge in [0.1, 0.15) is 0 Å². The van der Waals surface area contributed by atoms with Gasteiger partial charge in [0, 0.05) is 0 Å². The van der Waals surface area contributed by atoms with Gasteiger partial charge in [-0.15, -0.1) is 62.9 Å². The molecule has 0 unspecified atom stereocenters. The van der Waals surface area contributed by atoms with Crippen LogP contribution in [0.25, 0.3) is 0 Å². The van der Waals surface area contributed by atoms with Gasteiger partial charge in [-0.25, -0.2) is 0 Å². The van der Waals surface area contributed by atoms with Gasteiger partial charge in [-0.2, -0.15) is 19.2 Å².